The predicted molar refractivity (Wildman–Crippen MR) is 124 cm³/mol. The van der Waals surface area contributed by atoms with Crippen molar-refractivity contribution in [1.82, 2.24) is 15.2 Å². The number of nitrogens with zero attached hydrogens (tertiary/aromatic N) is 2. The fourth-order valence-electron chi connectivity index (χ4n) is 4.82. The Kier molecular flexibility index (Phi) is 5.23. The molecule has 1 aromatic heterocycles. The Balaban J connectivity index is 1.44. The third-order valence-corrected chi connectivity index (χ3v) is 6.84. The van der Waals surface area contributed by atoms with Crippen molar-refractivity contribution in [3.05, 3.63) is 48.3 Å². The summed E-state index contributed by atoms with van der Waals surface area (Å²) in [5, 5.41) is 7.48. The summed E-state index contributed by atoms with van der Waals surface area (Å²) in [6.07, 6.45) is 1.67. The molecule has 174 valence electrons. The molecule has 3 fully saturated rings. The van der Waals surface area contributed by atoms with E-state index in [9.17, 15) is 18.0 Å². The van der Waals surface area contributed by atoms with Crippen molar-refractivity contribution in [3.63, 3.8) is 0 Å². The van der Waals surface area contributed by atoms with Crippen molar-refractivity contribution < 1.29 is 18.0 Å². The van der Waals surface area contributed by atoms with E-state index in [4.69, 9.17) is 0 Å². The van der Waals surface area contributed by atoms with Gasteiger partial charge in [0.25, 0.3) is 0 Å². The second-order valence-electron chi connectivity index (χ2n) is 9.63. The maximum absolute atomic E-state index is 13.6. The molecule has 2 N–H and O–H groups in total. The number of nitrogens with one attached hydrogen (secondary N) is 2. The minimum atomic E-state index is -4.58. The number of allylic oxidation sites excluding steroid dienone is 1. The van der Waals surface area contributed by atoms with Gasteiger partial charge >= 0.3 is 6.18 Å². The van der Waals surface area contributed by atoms with Crippen molar-refractivity contribution in [2.24, 2.45) is 11.3 Å². The SMILES string of the molecule is C=C(c1nc(/C=C/CNC(=O)C2CC2)cc2c(NC3CC34CN(C)C4)cccc12)C(F)(F)F. The number of amides is 1. The molecule has 0 radical (unpaired) electrons. The average Bonchev–Trinajstić information content (AvgIpc) is 3.66. The summed E-state index contributed by atoms with van der Waals surface area (Å²) >= 11 is 0. The first-order valence-corrected chi connectivity index (χ1v) is 11.3. The molecule has 5 rings (SSSR count). The highest BCUT2D eigenvalue weighted by Crippen LogP contribution is 2.54. The van der Waals surface area contributed by atoms with Crippen LogP contribution in [-0.4, -0.2) is 54.7 Å². The van der Waals surface area contributed by atoms with Crippen molar-refractivity contribution in [2.45, 2.75) is 31.5 Å². The van der Waals surface area contributed by atoms with Crippen LogP contribution in [0.15, 0.2) is 36.9 Å². The lowest BCUT2D eigenvalue weighted by molar-refractivity contribution is -0.122. The summed E-state index contributed by atoms with van der Waals surface area (Å²) in [7, 11) is 2.09. The number of hydrogen-bond donors (Lipinski definition) is 2. The zero-order valence-corrected chi connectivity index (χ0v) is 18.5. The van der Waals surface area contributed by atoms with Gasteiger partial charge in [0.2, 0.25) is 5.91 Å². The Labute approximate surface area is 190 Å². The lowest BCUT2D eigenvalue weighted by Crippen LogP contribution is -2.48. The molecule has 2 aromatic rings. The smallest absolute Gasteiger partial charge is 0.381 e. The van der Waals surface area contributed by atoms with Gasteiger partial charge in [0.15, 0.2) is 0 Å². The number of pyridine rings is 1. The molecule has 1 atom stereocenters. The standard InChI is InChI=1S/C25H27F3N4O/c1-15(25(26,27)28)22-18-6-3-7-20(31-21-12-24(21)13-32(2)14-24)19(18)11-17(30-22)5-4-10-29-23(33)16-8-9-16/h3-7,11,16,21,31H,1,8-10,12-14H2,2H3,(H,29,33)/b5-4+. The van der Waals surface area contributed by atoms with Crippen molar-refractivity contribution in [1.29, 1.82) is 0 Å². The molecule has 1 spiro atoms. The predicted octanol–water partition coefficient (Wildman–Crippen LogP) is 4.47. The molecule has 2 aliphatic carbocycles. The van der Waals surface area contributed by atoms with E-state index in [0.717, 1.165) is 38.0 Å². The molecule has 8 heteroatoms. The van der Waals surface area contributed by atoms with E-state index in [2.05, 4.69) is 34.1 Å². The van der Waals surface area contributed by atoms with Crippen LogP contribution >= 0.6 is 0 Å². The lowest BCUT2D eigenvalue weighted by atomic mass is 9.96. The molecule has 1 aliphatic heterocycles. The van der Waals surface area contributed by atoms with Crippen LogP contribution in [0.3, 0.4) is 0 Å². The molecular formula is C25H27F3N4O. The summed E-state index contributed by atoms with van der Waals surface area (Å²) < 4.78 is 40.7. The molecule has 5 nitrogen and oxygen atoms in total. The molecule has 3 aliphatic rings. The number of alkyl halides is 3. The van der Waals surface area contributed by atoms with E-state index in [0.29, 0.717) is 29.1 Å². The fourth-order valence-corrected chi connectivity index (χ4v) is 4.82. The summed E-state index contributed by atoms with van der Waals surface area (Å²) in [6, 6.07) is 7.43. The van der Waals surface area contributed by atoms with Gasteiger partial charge in [-0.25, -0.2) is 4.98 Å². The van der Waals surface area contributed by atoms with Gasteiger partial charge in [-0.2, -0.15) is 13.2 Å². The normalized spacial score (nSPS) is 21.9. The second kappa shape index (κ2) is 7.87. The number of carbonyl (C=O) groups excluding carboxylic acids is 1. The Morgan fingerprint density at radius 3 is 2.73 bits per heavy atom. The van der Waals surface area contributed by atoms with Crippen LogP contribution in [0.2, 0.25) is 0 Å². The van der Waals surface area contributed by atoms with Gasteiger partial charge in [-0.15, -0.1) is 0 Å². The quantitative estimate of drug-likeness (QED) is 0.646. The van der Waals surface area contributed by atoms with Gasteiger partial charge in [0, 0.05) is 53.5 Å². The minimum Gasteiger partial charge on any atom is -0.381 e. The monoisotopic (exact) mass is 456 g/mol. The Bertz CT molecular complexity index is 1150. The highest BCUT2D eigenvalue weighted by Gasteiger charge is 2.60. The van der Waals surface area contributed by atoms with Crippen LogP contribution < -0.4 is 10.6 Å². The van der Waals surface area contributed by atoms with Crippen LogP contribution in [0, 0.1) is 11.3 Å². The van der Waals surface area contributed by atoms with E-state index < -0.39 is 11.7 Å². The first kappa shape index (κ1) is 21.9. The minimum absolute atomic E-state index is 0.0174. The van der Waals surface area contributed by atoms with Gasteiger partial charge in [-0.3, -0.25) is 4.79 Å². The fraction of sp³-hybridized carbons (Fsp3) is 0.440. The average molecular weight is 457 g/mol. The van der Waals surface area contributed by atoms with E-state index in [1.165, 1.54) is 0 Å². The lowest BCUT2D eigenvalue weighted by Gasteiger charge is -2.38. The molecule has 1 aromatic carbocycles. The van der Waals surface area contributed by atoms with Crippen LogP contribution in [0.4, 0.5) is 18.9 Å². The van der Waals surface area contributed by atoms with Gasteiger partial charge in [0.1, 0.15) is 0 Å². The van der Waals surface area contributed by atoms with Crippen LogP contribution in [0.25, 0.3) is 22.4 Å². The highest BCUT2D eigenvalue weighted by atomic mass is 19.4. The first-order chi connectivity index (χ1) is 15.7. The van der Waals surface area contributed by atoms with E-state index in [-0.39, 0.29) is 22.9 Å². The maximum atomic E-state index is 13.6. The number of benzene rings is 1. The Hall–Kier alpha value is -2.87. The first-order valence-electron chi connectivity index (χ1n) is 11.3. The van der Waals surface area contributed by atoms with Crippen LogP contribution in [-0.2, 0) is 4.79 Å². The maximum Gasteiger partial charge on any atom is 0.417 e. The number of carbonyl (C=O) groups is 1. The summed E-state index contributed by atoms with van der Waals surface area (Å²) in [5.74, 6) is 0.123. The molecule has 33 heavy (non-hydrogen) atoms. The van der Waals surface area contributed by atoms with E-state index in [1.807, 2.05) is 6.07 Å². The van der Waals surface area contributed by atoms with Crippen molar-refractivity contribution >= 4 is 34.0 Å². The van der Waals surface area contributed by atoms with Crippen molar-refractivity contribution in [2.75, 3.05) is 32.0 Å². The molecule has 1 saturated heterocycles. The largest absolute Gasteiger partial charge is 0.417 e. The summed E-state index contributed by atoms with van der Waals surface area (Å²) in [6.45, 7) is 5.67. The molecule has 2 saturated carbocycles. The van der Waals surface area contributed by atoms with Gasteiger partial charge in [-0.1, -0.05) is 24.8 Å². The van der Waals surface area contributed by atoms with Gasteiger partial charge in [-0.05, 0) is 44.5 Å². The number of rotatable bonds is 7. The van der Waals surface area contributed by atoms with Crippen LogP contribution in [0.5, 0.6) is 0 Å². The Morgan fingerprint density at radius 2 is 2.06 bits per heavy atom. The number of hydrogen-bond acceptors (Lipinski definition) is 4. The van der Waals surface area contributed by atoms with Gasteiger partial charge in [0.05, 0.1) is 17.0 Å². The third-order valence-electron chi connectivity index (χ3n) is 6.84. The molecule has 2 heterocycles. The van der Waals surface area contributed by atoms with Crippen molar-refractivity contribution in [3.8, 4) is 0 Å². The highest BCUT2D eigenvalue weighted by molar-refractivity contribution is 6.01. The van der Waals surface area contributed by atoms with Gasteiger partial charge < -0.3 is 15.5 Å². The summed E-state index contributed by atoms with van der Waals surface area (Å²) in [5.41, 5.74) is 0.348. The molecular weight excluding hydrogens is 429 g/mol. The topological polar surface area (TPSA) is 57.3 Å². The number of halogens is 3. The van der Waals surface area contributed by atoms with Crippen LogP contribution in [0.1, 0.15) is 30.7 Å². The third kappa shape index (κ3) is 4.36. The zero-order valence-electron chi connectivity index (χ0n) is 18.5. The van der Waals surface area contributed by atoms with E-state index in [1.54, 1.807) is 30.4 Å². The zero-order chi connectivity index (χ0) is 23.4. The molecule has 1 unspecified atom stereocenters. The second-order valence-corrected chi connectivity index (χ2v) is 9.63. The molecule has 0 bridgehead atoms. The van der Waals surface area contributed by atoms with E-state index >= 15 is 0 Å². The summed E-state index contributed by atoms with van der Waals surface area (Å²) in [4.78, 5) is 18.3. The number of aromatic nitrogens is 1. The number of anilines is 1. The number of likely N-dealkylation sites (tertiary alicyclic amines) is 1. The number of fused-ring (bicyclic) bond motifs is 1. The Morgan fingerprint density at radius 1 is 1.30 bits per heavy atom. The molecule has 1 amide bonds.